The van der Waals surface area contributed by atoms with Gasteiger partial charge in [-0.3, -0.25) is 4.79 Å². The predicted octanol–water partition coefficient (Wildman–Crippen LogP) is 2.58. The van der Waals surface area contributed by atoms with E-state index in [0.717, 1.165) is 15.2 Å². The fraction of sp³-hybridized carbons (Fsp3) is 0.357. The number of nitrogens with zero attached hydrogens (tertiary/aromatic N) is 2. The van der Waals surface area contributed by atoms with Crippen LogP contribution in [-0.2, 0) is 4.74 Å². The smallest absolute Gasteiger partial charge is 0.206 e. The van der Waals surface area contributed by atoms with Gasteiger partial charge in [0.2, 0.25) is 5.13 Å². The number of carbonyl (C=O) groups excluding carboxylic acids is 1. The Morgan fingerprint density at radius 2 is 2.05 bits per heavy atom. The molecule has 22 heavy (non-hydrogen) atoms. The van der Waals surface area contributed by atoms with Gasteiger partial charge in [0.15, 0.2) is 10.1 Å². The standard InChI is InChI=1S/C14H17N3O3S2/c1-19-8-7-15-13-16-17-14(22-13)21-9-12(18)10-3-5-11(20-2)6-4-10/h3-6H,7-9H2,1-2H3,(H,15,16). The first-order valence-electron chi connectivity index (χ1n) is 6.59. The zero-order valence-electron chi connectivity index (χ0n) is 12.4. The first-order chi connectivity index (χ1) is 10.7. The molecule has 1 aromatic heterocycles. The monoisotopic (exact) mass is 339 g/mol. The van der Waals surface area contributed by atoms with Crippen molar-refractivity contribution in [2.75, 3.05) is 38.4 Å². The Hall–Kier alpha value is -1.64. The van der Waals surface area contributed by atoms with E-state index in [1.807, 2.05) is 0 Å². The van der Waals surface area contributed by atoms with Crippen LogP contribution < -0.4 is 10.1 Å². The Kier molecular flexibility index (Phi) is 6.63. The van der Waals surface area contributed by atoms with Crippen molar-refractivity contribution in [1.82, 2.24) is 10.2 Å². The van der Waals surface area contributed by atoms with Gasteiger partial charge in [-0.15, -0.1) is 10.2 Å². The van der Waals surface area contributed by atoms with E-state index >= 15 is 0 Å². The number of ether oxygens (including phenoxy) is 2. The number of Topliss-reactive ketones (excluding diaryl/α,β-unsaturated/α-hetero) is 1. The van der Waals surface area contributed by atoms with Crippen molar-refractivity contribution in [2.45, 2.75) is 4.34 Å². The van der Waals surface area contributed by atoms with Gasteiger partial charge in [0, 0.05) is 19.2 Å². The topological polar surface area (TPSA) is 73.3 Å². The van der Waals surface area contributed by atoms with Crippen LogP contribution >= 0.6 is 23.1 Å². The Morgan fingerprint density at radius 1 is 1.27 bits per heavy atom. The molecule has 0 atom stereocenters. The van der Waals surface area contributed by atoms with Crippen LogP contribution in [0, 0.1) is 0 Å². The highest BCUT2D eigenvalue weighted by atomic mass is 32.2. The molecule has 1 heterocycles. The second-order valence-electron chi connectivity index (χ2n) is 4.23. The third-order valence-electron chi connectivity index (χ3n) is 2.73. The zero-order chi connectivity index (χ0) is 15.8. The normalized spacial score (nSPS) is 10.5. The van der Waals surface area contributed by atoms with E-state index in [-0.39, 0.29) is 5.78 Å². The van der Waals surface area contributed by atoms with Crippen LogP contribution in [-0.4, -0.2) is 49.1 Å². The highest BCUT2D eigenvalue weighted by molar-refractivity contribution is 8.01. The molecule has 1 aromatic carbocycles. The summed E-state index contributed by atoms with van der Waals surface area (Å²) in [6.45, 7) is 1.29. The molecule has 0 amide bonds. The second-order valence-corrected chi connectivity index (χ2v) is 6.43. The van der Waals surface area contributed by atoms with Crippen LogP contribution in [0.3, 0.4) is 0 Å². The van der Waals surface area contributed by atoms with E-state index in [1.165, 1.54) is 23.1 Å². The lowest BCUT2D eigenvalue weighted by atomic mass is 10.1. The molecule has 0 unspecified atom stereocenters. The van der Waals surface area contributed by atoms with Gasteiger partial charge in [0.05, 0.1) is 19.5 Å². The van der Waals surface area contributed by atoms with Crippen molar-refractivity contribution in [1.29, 1.82) is 0 Å². The lowest BCUT2D eigenvalue weighted by molar-refractivity contribution is 0.102. The summed E-state index contributed by atoms with van der Waals surface area (Å²) in [5, 5.41) is 11.9. The Morgan fingerprint density at radius 3 is 2.73 bits per heavy atom. The van der Waals surface area contributed by atoms with E-state index in [0.29, 0.717) is 24.5 Å². The van der Waals surface area contributed by atoms with Crippen molar-refractivity contribution in [2.24, 2.45) is 0 Å². The van der Waals surface area contributed by atoms with E-state index in [1.54, 1.807) is 38.5 Å². The van der Waals surface area contributed by atoms with Crippen molar-refractivity contribution in [3.8, 4) is 5.75 Å². The van der Waals surface area contributed by atoms with Crippen LogP contribution in [0.5, 0.6) is 5.75 Å². The molecule has 0 saturated carbocycles. The maximum Gasteiger partial charge on any atom is 0.206 e. The predicted molar refractivity (Wildman–Crippen MR) is 88.3 cm³/mol. The molecule has 0 spiro atoms. The summed E-state index contributed by atoms with van der Waals surface area (Å²) >= 11 is 2.81. The van der Waals surface area contributed by atoms with Crippen LogP contribution in [0.1, 0.15) is 10.4 Å². The quantitative estimate of drug-likeness (QED) is 0.427. The highest BCUT2D eigenvalue weighted by Gasteiger charge is 2.10. The van der Waals surface area contributed by atoms with Gasteiger partial charge in [-0.2, -0.15) is 0 Å². The summed E-state index contributed by atoms with van der Waals surface area (Å²) in [7, 11) is 3.24. The molecule has 6 nitrogen and oxygen atoms in total. The Bertz CT molecular complexity index is 602. The number of aromatic nitrogens is 2. The van der Waals surface area contributed by atoms with Crippen LogP contribution in [0.15, 0.2) is 28.6 Å². The fourth-order valence-corrected chi connectivity index (χ4v) is 3.26. The molecule has 2 aromatic rings. The zero-order valence-corrected chi connectivity index (χ0v) is 14.0. The minimum Gasteiger partial charge on any atom is -0.497 e. The number of anilines is 1. The van der Waals surface area contributed by atoms with Gasteiger partial charge in [-0.25, -0.2) is 0 Å². The average molecular weight is 339 g/mol. The molecule has 1 N–H and O–H groups in total. The van der Waals surface area contributed by atoms with Gasteiger partial charge in [0.1, 0.15) is 5.75 Å². The Balaban J connectivity index is 1.82. The van der Waals surface area contributed by atoms with E-state index in [4.69, 9.17) is 9.47 Å². The van der Waals surface area contributed by atoms with Crippen molar-refractivity contribution >= 4 is 34.0 Å². The summed E-state index contributed by atoms with van der Waals surface area (Å²) in [5.41, 5.74) is 0.663. The maximum absolute atomic E-state index is 12.1. The first kappa shape index (κ1) is 16.7. The minimum absolute atomic E-state index is 0.0525. The van der Waals surface area contributed by atoms with Crippen molar-refractivity contribution < 1.29 is 14.3 Å². The van der Waals surface area contributed by atoms with Crippen molar-refractivity contribution in [3.05, 3.63) is 29.8 Å². The molecule has 0 fully saturated rings. The summed E-state index contributed by atoms with van der Waals surface area (Å²) in [4.78, 5) is 12.1. The molecule has 0 radical (unpaired) electrons. The Labute approximate surface area is 137 Å². The number of rotatable bonds is 9. The molecule has 0 bridgehead atoms. The number of thioether (sulfide) groups is 1. The molecule has 0 aliphatic heterocycles. The van der Waals surface area contributed by atoms with Crippen LogP contribution in [0.2, 0.25) is 0 Å². The number of carbonyl (C=O) groups is 1. The molecular formula is C14H17N3O3S2. The highest BCUT2D eigenvalue weighted by Crippen LogP contribution is 2.26. The molecule has 8 heteroatoms. The second kappa shape index (κ2) is 8.72. The summed E-state index contributed by atoms with van der Waals surface area (Å²) in [6.07, 6.45) is 0. The number of methoxy groups -OCH3 is 2. The van der Waals surface area contributed by atoms with E-state index in [9.17, 15) is 4.79 Å². The van der Waals surface area contributed by atoms with Gasteiger partial charge < -0.3 is 14.8 Å². The number of hydrogen-bond acceptors (Lipinski definition) is 8. The number of ketones is 1. The molecule has 0 aliphatic rings. The lowest BCUT2D eigenvalue weighted by Gasteiger charge is -2.02. The molecule has 2 rings (SSSR count). The minimum atomic E-state index is 0.0525. The number of benzene rings is 1. The number of hydrogen-bond donors (Lipinski definition) is 1. The molecule has 0 aliphatic carbocycles. The number of nitrogens with one attached hydrogen (secondary N) is 1. The average Bonchev–Trinajstić information content (AvgIpc) is 3.01. The van der Waals surface area contributed by atoms with E-state index < -0.39 is 0 Å². The lowest BCUT2D eigenvalue weighted by Crippen LogP contribution is -2.06. The molecule has 118 valence electrons. The fourth-order valence-electron chi connectivity index (χ4n) is 1.59. The van der Waals surface area contributed by atoms with Gasteiger partial charge in [-0.1, -0.05) is 23.1 Å². The van der Waals surface area contributed by atoms with Crippen LogP contribution in [0.25, 0.3) is 0 Å². The molecule has 0 saturated heterocycles. The van der Waals surface area contributed by atoms with Crippen LogP contribution in [0.4, 0.5) is 5.13 Å². The third-order valence-corrected chi connectivity index (χ3v) is 4.74. The van der Waals surface area contributed by atoms with Gasteiger partial charge >= 0.3 is 0 Å². The summed E-state index contributed by atoms with van der Waals surface area (Å²) in [6, 6.07) is 7.08. The van der Waals surface area contributed by atoms with Gasteiger partial charge in [-0.05, 0) is 24.3 Å². The SMILES string of the molecule is COCCNc1nnc(SCC(=O)c2ccc(OC)cc2)s1. The maximum atomic E-state index is 12.1. The van der Waals surface area contributed by atoms with E-state index in [2.05, 4.69) is 15.5 Å². The first-order valence-corrected chi connectivity index (χ1v) is 8.39. The van der Waals surface area contributed by atoms with Gasteiger partial charge in [0.25, 0.3) is 0 Å². The van der Waals surface area contributed by atoms with Crippen molar-refractivity contribution in [3.63, 3.8) is 0 Å². The largest absolute Gasteiger partial charge is 0.497 e. The summed E-state index contributed by atoms with van der Waals surface area (Å²) < 4.78 is 10.8. The molecular weight excluding hydrogens is 322 g/mol. The summed E-state index contributed by atoms with van der Waals surface area (Å²) in [5.74, 6) is 1.12. The third kappa shape index (κ3) is 4.97.